The van der Waals surface area contributed by atoms with Crippen LogP contribution in [0.4, 0.5) is 10.5 Å². The number of thiophene rings is 1. The van der Waals surface area contributed by atoms with E-state index in [1.807, 2.05) is 11.4 Å². The average Bonchev–Trinajstić information content (AvgIpc) is 3.47. The first kappa shape index (κ1) is 37.2. The molecule has 0 unspecified atom stereocenters. The van der Waals surface area contributed by atoms with E-state index in [4.69, 9.17) is 18.9 Å². The van der Waals surface area contributed by atoms with E-state index in [2.05, 4.69) is 35.3 Å². The van der Waals surface area contributed by atoms with Gasteiger partial charge in [-0.3, -0.25) is 4.79 Å². The number of hydrogen-bond acceptors (Lipinski definition) is 10. The molecule has 0 bridgehead atoms. The first-order valence-corrected chi connectivity index (χ1v) is 21.2. The molecule has 2 N–H and O–H groups in total. The molecule has 1 aliphatic rings. The highest BCUT2D eigenvalue weighted by Gasteiger charge is 2.27. The van der Waals surface area contributed by atoms with E-state index in [-0.39, 0.29) is 35.7 Å². The van der Waals surface area contributed by atoms with E-state index in [1.165, 1.54) is 13.2 Å². The fourth-order valence-corrected chi connectivity index (χ4v) is 6.98. The lowest BCUT2D eigenvalue weighted by Crippen LogP contribution is -2.32. The third kappa shape index (κ3) is 9.61. The Bertz CT molecular complexity index is 1940. The van der Waals surface area contributed by atoms with Crippen LogP contribution < -0.4 is 15.4 Å². The number of nitrogens with zero attached hydrogens (tertiary/aromatic N) is 1. The number of aromatic nitrogens is 1. The van der Waals surface area contributed by atoms with Gasteiger partial charge in [0.15, 0.2) is 5.69 Å². The van der Waals surface area contributed by atoms with Gasteiger partial charge < -0.3 is 29.6 Å². The Morgan fingerprint density at radius 1 is 0.941 bits per heavy atom. The van der Waals surface area contributed by atoms with E-state index in [9.17, 15) is 19.2 Å². The van der Waals surface area contributed by atoms with Gasteiger partial charge in [0.25, 0.3) is 5.91 Å². The van der Waals surface area contributed by atoms with Crippen LogP contribution in [0.25, 0.3) is 21.6 Å². The van der Waals surface area contributed by atoms with Gasteiger partial charge in [0.2, 0.25) is 0 Å². The summed E-state index contributed by atoms with van der Waals surface area (Å²) in [5, 5.41) is 7.69. The predicted molar refractivity (Wildman–Crippen MR) is 199 cm³/mol. The maximum Gasteiger partial charge on any atom is 0.407 e. The molecule has 13 heteroatoms. The van der Waals surface area contributed by atoms with Crippen LogP contribution in [0.1, 0.15) is 63.2 Å². The summed E-state index contributed by atoms with van der Waals surface area (Å²) in [7, 11) is -0.222. The van der Waals surface area contributed by atoms with Crippen molar-refractivity contribution >= 4 is 49.0 Å². The lowest BCUT2D eigenvalue weighted by molar-refractivity contribution is 0.0508. The number of carbonyl (C=O) groups is 4. The molecule has 0 fully saturated rings. The number of carbonyl (C=O) groups excluding carboxylic acids is 4. The first-order valence-electron chi connectivity index (χ1n) is 16.6. The molecule has 0 saturated heterocycles. The molecule has 2 aromatic heterocycles. The van der Waals surface area contributed by atoms with Gasteiger partial charge in [0.05, 0.1) is 20.3 Å². The minimum absolute atomic E-state index is 0.0452. The molecule has 268 valence electrons. The second kappa shape index (κ2) is 15.5. The maximum absolute atomic E-state index is 14.2. The van der Waals surface area contributed by atoms with Gasteiger partial charge in [-0.25, -0.2) is 19.4 Å². The molecule has 11 nitrogen and oxygen atoms in total. The Morgan fingerprint density at radius 2 is 1.69 bits per heavy atom. The highest BCUT2D eigenvalue weighted by molar-refractivity contribution is 7.13. The second-order valence-corrected chi connectivity index (χ2v) is 20.8. The smallest absolute Gasteiger partial charge is 0.407 e. The van der Waals surface area contributed by atoms with Crippen molar-refractivity contribution < 1.29 is 38.1 Å². The highest BCUT2D eigenvalue weighted by atomic mass is 32.1. The third-order valence-corrected chi connectivity index (χ3v) is 10.6. The summed E-state index contributed by atoms with van der Waals surface area (Å²) in [6.45, 7) is 12.9. The average molecular weight is 730 g/mol. The van der Waals surface area contributed by atoms with Crippen LogP contribution >= 0.6 is 11.3 Å². The minimum atomic E-state index is -1.45. The maximum atomic E-state index is 14.2. The summed E-state index contributed by atoms with van der Waals surface area (Å²) in [5.74, 6) is -1.32. The summed E-state index contributed by atoms with van der Waals surface area (Å²) in [6.07, 6.45) is 0.171. The lowest BCUT2D eigenvalue weighted by atomic mass is 9.93. The number of ether oxygens (including phenoxy) is 4. The van der Waals surface area contributed by atoms with E-state index in [0.29, 0.717) is 30.0 Å². The van der Waals surface area contributed by atoms with Crippen molar-refractivity contribution in [3.63, 3.8) is 0 Å². The number of nitrogens with one attached hydrogen (secondary N) is 2. The van der Waals surface area contributed by atoms with Crippen molar-refractivity contribution in [1.82, 2.24) is 10.3 Å². The zero-order chi connectivity index (χ0) is 36.9. The normalized spacial score (nSPS) is 12.4. The SMILES string of the molecule is COC(=O)c1nc(C(=O)OCC[Si](C)(C)C)ccc1-c1cc2c(cc1C(=O)Nc1ccc(CNC(=O)OC(C)(C)C)cc1)-c1sccc1CCO2. The number of hydrogen-bond donors (Lipinski definition) is 2. The fourth-order valence-electron chi connectivity index (χ4n) is 5.29. The summed E-state index contributed by atoms with van der Waals surface area (Å²) in [4.78, 5) is 57.8. The highest BCUT2D eigenvalue weighted by Crippen LogP contribution is 2.43. The fraction of sp³-hybridized carbons (Fsp3) is 0.342. The zero-order valence-electron chi connectivity index (χ0n) is 29.9. The van der Waals surface area contributed by atoms with Gasteiger partial charge in [-0.1, -0.05) is 31.8 Å². The lowest BCUT2D eigenvalue weighted by Gasteiger charge is -2.19. The summed E-state index contributed by atoms with van der Waals surface area (Å²) < 4.78 is 22.0. The number of alkyl carbamates (subject to hydrolysis) is 1. The van der Waals surface area contributed by atoms with Crippen LogP contribution in [0.2, 0.25) is 25.7 Å². The molecule has 0 saturated carbocycles. The van der Waals surface area contributed by atoms with Gasteiger partial charge in [-0.2, -0.15) is 0 Å². The molecule has 1 aliphatic heterocycles. The van der Waals surface area contributed by atoms with Crippen molar-refractivity contribution in [1.29, 1.82) is 0 Å². The standard InChI is InChI=1S/C38H43N3O8SSi/c1-38(2,3)49-37(45)39-22-23-8-10-25(11-9-23)40-34(42)28-20-29-31(47-16-14-24-15-18-50-33(24)29)21-27(28)26-12-13-30(41-32(26)36(44)46-4)35(43)48-17-19-51(5,6)7/h8-13,15,18,20-21H,14,16-17,19,22H2,1-7H3,(H,39,45)(H,40,42). The van der Waals surface area contributed by atoms with Crippen molar-refractivity contribution in [2.24, 2.45) is 0 Å². The Labute approximate surface area is 302 Å². The molecule has 3 heterocycles. The van der Waals surface area contributed by atoms with E-state index in [1.54, 1.807) is 74.6 Å². The number of benzene rings is 2. The second-order valence-electron chi connectivity index (χ2n) is 14.3. The molecule has 51 heavy (non-hydrogen) atoms. The van der Waals surface area contributed by atoms with Crippen LogP contribution in [-0.4, -0.2) is 62.9 Å². The molecule has 0 spiro atoms. The van der Waals surface area contributed by atoms with Crippen molar-refractivity contribution in [2.45, 2.75) is 65.0 Å². The molecular weight excluding hydrogens is 687 g/mol. The molecule has 5 rings (SSSR count). The molecule has 2 aromatic carbocycles. The molecule has 2 amide bonds. The number of pyridine rings is 1. The number of rotatable bonds is 10. The van der Waals surface area contributed by atoms with Crippen LogP contribution in [0, 0.1) is 0 Å². The van der Waals surface area contributed by atoms with Crippen LogP contribution in [-0.2, 0) is 27.2 Å². The summed E-state index contributed by atoms with van der Waals surface area (Å²) in [6, 6.07) is 16.4. The van der Waals surface area contributed by atoms with Crippen LogP contribution in [0.5, 0.6) is 5.75 Å². The Balaban J connectivity index is 1.49. The van der Waals surface area contributed by atoms with Crippen molar-refractivity contribution in [2.75, 3.05) is 25.6 Å². The molecular formula is C38H43N3O8SSi. The largest absolute Gasteiger partial charge is 0.493 e. The van der Waals surface area contributed by atoms with E-state index >= 15 is 0 Å². The van der Waals surface area contributed by atoms with Crippen LogP contribution in [0.3, 0.4) is 0 Å². The summed E-state index contributed by atoms with van der Waals surface area (Å²) in [5.41, 5.74) is 3.30. The zero-order valence-corrected chi connectivity index (χ0v) is 31.7. The number of esters is 2. The van der Waals surface area contributed by atoms with Gasteiger partial charge in [0.1, 0.15) is 17.0 Å². The quantitative estimate of drug-likeness (QED) is 0.0944. The van der Waals surface area contributed by atoms with Gasteiger partial charge in [-0.05, 0) is 85.8 Å². The molecule has 4 aromatic rings. The predicted octanol–water partition coefficient (Wildman–Crippen LogP) is 7.97. The van der Waals surface area contributed by atoms with Gasteiger partial charge >= 0.3 is 18.0 Å². The monoisotopic (exact) mass is 729 g/mol. The minimum Gasteiger partial charge on any atom is -0.493 e. The van der Waals surface area contributed by atoms with E-state index < -0.39 is 37.6 Å². The molecule has 0 aliphatic carbocycles. The Kier molecular flexibility index (Phi) is 11.3. The number of fused-ring (bicyclic) bond motifs is 3. The third-order valence-electron chi connectivity index (χ3n) is 7.89. The first-order chi connectivity index (χ1) is 24.1. The topological polar surface area (TPSA) is 142 Å². The number of amides is 2. The Morgan fingerprint density at radius 3 is 2.37 bits per heavy atom. The van der Waals surface area contributed by atoms with Crippen molar-refractivity contribution in [3.8, 4) is 27.3 Å². The number of methoxy groups -OCH3 is 1. The van der Waals surface area contributed by atoms with Crippen LogP contribution in [0.15, 0.2) is 60.0 Å². The van der Waals surface area contributed by atoms with Gasteiger partial charge in [0, 0.05) is 53.9 Å². The van der Waals surface area contributed by atoms with Crippen molar-refractivity contribution in [3.05, 3.63) is 88.1 Å². The number of anilines is 1. The Hall–Kier alpha value is -5.01. The molecule has 0 radical (unpaired) electrons. The van der Waals surface area contributed by atoms with E-state index in [0.717, 1.165) is 27.6 Å². The summed E-state index contributed by atoms with van der Waals surface area (Å²) >= 11 is 1.56. The van der Waals surface area contributed by atoms with Gasteiger partial charge in [-0.15, -0.1) is 11.3 Å². The molecule has 0 atom stereocenters.